The topological polar surface area (TPSA) is 75.3 Å². The van der Waals surface area contributed by atoms with Gasteiger partial charge in [-0.1, -0.05) is 13.8 Å². The number of aliphatic hydroxyl groups excluding tert-OH is 1. The maximum absolute atomic E-state index is 12.1. The lowest BCUT2D eigenvalue weighted by Gasteiger charge is -2.29. The van der Waals surface area contributed by atoms with Crippen molar-refractivity contribution in [1.82, 2.24) is 5.32 Å². The summed E-state index contributed by atoms with van der Waals surface area (Å²) in [6.07, 6.45) is 1.66. The van der Waals surface area contributed by atoms with E-state index in [0.29, 0.717) is 17.8 Å². The van der Waals surface area contributed by atoms with E-state index < -0.39 is 0 Å². The standard InChI is InChI=1S/C15H24N2O2/c1-4-15(5-2,10-18)9-17-14(19)12-6-11(3)7-13(16)8-12/h6-8,18H,4-5,9-10,16H2,1-3H3,(H,17,19). The van der Waals surface area contributed by atoms with Gasteiger partial charge in [0.15, 0.2) is 0 Å². The Hall–Kier alpha value is -1.55. The molecule has 4 nitrogen and oxygen atoms in total. The molecule has 1 aromatic carbocycles. The Labute approximate surface area is 115 Å². The molecule has 0 saturated heterocycles. The van der Waals surface area contributed by atoms with Crippen LogP contribution in [0.1, 0.15) is 42.6 Å². The van der Waals surface area contributed by atoms with Gasteiger partial charge >= 0.3 is 0 Å². The Bertz CT molecular complexity index is 411. The molecule has 0 aromatic heterocycles. The average Bonchev–Trinajstić information content (AvgIpc) is 2.39. The van der Waals surface area contributed by atoms with Crippen LogP contribution in [-0.4, -0.2) is 24.2 Å². The van der Waals surface area contributed by atoms with Crippen LogP contribution in [-0.2, 0) is 0 Å². The molecular formula is C15H24N2O2. The van der Waals surface area contributed by atoms with Crippen molar-refractivity contribution in [3.05, 3.63) is 29.3 Å². The van der Waals surface area contributed by atoms with E-state index in [2.05, 4.69) is 5.32 Å². The van der Waals surface area contributed by atoms with E-state index in [1.54, 1.807) is 6.07 Å². The van der Waals surface area contributed by atoms with E-state index in [1.807, 2.05) is 32.9 Å². The number of hydrogen-bond acceptors (Lipinski definition) is 3. The smallest absolute Gasteiger partial charge is 0.251 e. The number of aliphatic hydroxyl groups is 1. The normalized spacial score (nSPS) is 11.4. The van der Waals surface area contributed by atoms with Gasteiger partial charge in [-0.2, -0.15) is 0 Å². The number of anilines is 1. The first-order chi connectivity index (χ1) is 8.96. The van der Waals surface area contributed by atoms with Gasteiger partial charge in [-0.15, -0.1) is 0 Å². The minimum Gasteiger partial charge on any atom is -0.399 e. The van der Waals surface area contributed by atoms with Crippen molar-refractivity contribution in [2.24, 2.45) is 5.41 Å². The average molecular weight is 264 g/mol. The van der Waals surface area contributed by atoms with Gasteiger partial charge in [-0.3, -0.25) is 4.79 Å². The van der Waals surface area contributed by atoms with Crippen LogP contribution < -0.4 is 11.1 Å². The van der Waals surface area contributed by atoms with Crippen molar-refractivity contribution >= 4 is 11.6 Å². The zero-order valence-electron chi connectivity index (χ0n) is 12.0. The summed E-state index contributed by atoms with van der Waals surface area (Å²) in [5.74, 6) is -0.143. The van der Waals surface area contributed by atoms with Gasteiger partial charge in [0.05, 0.1) is 6.61 Å². The number of carbonyl (C=O) groups is 1. The highest BCUT2D eigenvalue weighted by molar-refractivity contribution is 5.95. The maximum Gasteiger partial charge on any atom is 0.251 e. The summed E-state index contributed by atoms with van der Waals surface area (Å²) in [5.41, 5.74) is 7.62. The van der Waals surface area contributed by atoms with Gasteiger partial charge in [0.2, 0.25) is 0 Å². The predicted molar refractivity (Wildman–Crippen MR) is 78.0 cm³/mol. The highest BCUT2D eigenvalue weighted by Crippen LogP contribution is 2.24. The van der Waals surface area contributed by atoms with Gasteiger partial charge in [0.25, 0.3) is 5.91 Å². The molecule has 1 amide bonds. The largest absolute Gasteiger partial charge is 0.399 e. The number of nitrogens with two attached hydrogens (primary N) is 1. The van der Waals surface area contributed by atoms with E-state index in [4.69, 9.17) is 5.73 Å². The maximum atomic E-state index is 12.1. The Morgan fingerprint density at radius 1 is 1.32 bits per heavy atom. The molecule has 19 heavy (non-hydrogen) atoms. The van der Waals surface area contributed by atoms with Crippen LogP contribution in [0, 0.1) is 12.3 Å². The third-order valence-corrected chi connectivity index (χ3v) is 3.82. The zero-order chi connectivity index (χ0) is 14.5. The summed E-state index contributed by atoms with van der Waals surface area (Å²) in [6, 6.07) is 5.30. The quantitative estimate of drug-likeness (QED) is 0.689. The number of hydrogen-bond donors (Lipinski definition) is 3. The Balaban J connectivity index is 2.74. The molecule has 0 aliphatic heterocycles. The van der Waals surface area contributed by atoms with E-state index >= 15 is 0 Å². The third kappa shape index (κ3) is 3.96. The van der Waals surface area contributed by atoms with Crippen LogP contribution in [0.3, 0.4) is 0 Å². The van der Waals surface area contributed by atoms with Crippen LogP contribution in [0.25, 0.3) is 0 Å². The highest BCUT2D eigenvalue weighted by atomic mass is 16.3. The number of nitrogens with one attached hydrogen (secondary N) is 1. The van der Waals surface area contributed by atoms with Crippen LogP contribution in [0.5, 0.6) is 0 Å². The number of benzene rings is 1. The lowest BCUT2D eigenvalue weighted by molar-refractivity contribution is 0.0851. The fourth-order valence-corrected chi connectivity index (χ4v) is 2.09. The first kappa shape index (κ1) is 15.5. The van der Waals surface area contributed by atoms with Crippen molar-refractivity contribution in [2.45, 2.75) is 33.6 Å². The summed E-state index contributed by atoms with van der Waals surface area (Å²) < 4.78 is 0. The number of aryl methyl sites for hydroxylation is 1. The first-order valence-corrected chi connectivity index (χ1v) is 6.72. The number of amides is 1. The van der Waals surface area contributed by atoms with Crippen molar-refractivity contribution in [3.8, 4) is 0 Å². The van der Waals surface area contributed by atoms with Gasteiger partial charge in [0, 0.05) is 23.2 Å². The SMILES string of the molecule is CCC(CC)(CO)CNC(=O)c1cc(C)cc(N)c1. The monoisotopic (exact) mass is 264 g/mol. The first-order valence-electron chi connectivity index (χ1n) is 6.72. The minimum atomic E-state index is -0.231. The van der Waals surface area contributed by atoms with Crippen LogP contribution in [0.2, 0.25) is 0 Å². The van der Waals surface area contributed by atoms with E-state index in [0.717, 1.165) is 18.4 Å². The molecule has 4 heteroatoms. The number of rotatable bonds is 6. The molecule has 0 atom stereocenters. The molecule has 0 heterocycles. The van der Waals surface area contributed by atoms with Crippen molar-refractivity contribution < 1.29 is 9.90 Å². The summed E-state index contributed by atoms with van der Waals surface area (Å²) in [5, 5.41) is 12.4. The van der Waals surface area contributed by atoms with Crippen molar-refractivity contribution in [1.29, 1.82) is 0 Å². The lowest BCUT2D eigenvalue weighted by atomic mass is 9.83. The van der Waals surface area contributed by atoms with E-state index in [-0.39, 0.29) is 17.9 Å². The molecule has 0 fully saturated rings. The van der Waals surface area contributed by atoms with Crippen molar-refractivity contribution in [2.75, 3.05) is 18.9 Å². The second-order valence-electron chi connectivity index (χ2n) is 5.18. The molecule has 106 valence electrons. The fourth-order valence-electron chi connectivity index (χ4n) is 2.09. The molecule has 1 aromatic rings. The summed E-state index contributed by atoms with van der Waals surface area (Å²) >= 11 is 0. The second kappa shape index (κ2) is 6.57. The molecule has 0 bridgehead atoms. The van der Waals surface area contributed by atoms with Gasteiger partial charge in [-0.05, 0) is 43.5 Å². The summed E-state index contributed by atoms with van der Waals surface area (Å²) in [6.45, 7) is 6.51. The number of carbonyl (C=O) groups excluding carboxylic acids is 1. The molecule has 4 N–H and O–H groups in total. The molecule has 0 aliphatic carbocycles. The van der Waals surface area contributed by atoms with Crippen molar-refractivity contribution in [3.63, 3.8) is 0 Å². The fraction of sp³-hybridized carbons (Fsp3) is 0.533. The molecule has 0 spiro atoms. The van der Waals surface area contributed by atoms with Crippen LogP contribution >= 0.6 is 0 Å². The summed E-state index contributed by atoms with van der Waals surface area (Å²) in [4.78, 5) is 12.1. The third-order valence-electron chi connectivity index (χ3n) is 3.82. The molecule has 0 radical (unpaired) electrons. The van der Waals surface area contributed by atoms with Crippen LogP contribution in [0.15, 0.2) is 18.2 Å². The Kier molecular flexibility index (Phi) is 5.36. The van der Waals surface area contributed by atoms with E-state index in [1.165, 1.54) is 0 Å². The number of nitrogen functional groups attached to an aromatic ring is 1. The molecule has 0 aliphatic rings. The minimum absolute atomic E-state index is 0.0796. The molecular weight excluding hydrogens is 240 g/mol. The van der Waals surface area contributed by atoms with Gasteiger partial charge in [-0.25, -0.2) is 0 Å². The lowest BCUT2D eigenvalue weighted by Crippen LogP contribution is -2.39. The molecule has 0 saturated carbocycles. The second-order valence-corrected chi connectivity index (χ2v) is 5.18. The zero-order valence-corrected chi connectivity index (χ0v) is 12.0. The molecule has 0 unspecified atom stereocenters. The molecule has 1 rings (SSSR count). The van der Waals surface area contributed by atoms with Gasteiger partial charge in [0.1, 0.15) is 0 Å². The Morgan fingerprint density at radius 3 is 2.42 bits per heavy atom. The highest BCUT2D eigenvalue weighted by Gasteiger charge is 2.25. The van der Waals surface area contributed by atoms with Crippen LogP contribution in [0.4, 0.5) is 5.69 Å². The Morgan fingerprint density at radius 2 is 1.95 bits per heavy atom. The van der Waals surface area contributed by atoms with E-state index in [9.17, 15) is 9.90 Å². The summed E-state index contributed by atoms with van der Waals surface area (Å²) in [7, 11) is 0. The van der Waals surface area contributed by atoms with Gasteiger partial charge < -0.3 is 16.2 Å². The predicted octanol–water partition coefficient (Wildman–Crippen LogP) is 2.11.